The van der Waals surface area contributed by atoms with Crippen LogP contribution >= 0.6 is 11.3 Å². The summed E-state index contributed by atoms with van der Waals surface area (Å²) in [6.07, 6.45) is 0. The molecule has 0 aliphatic rings. The highest BCUT2D eigenvalue weighted by Gasteiger charge is 2.15. The van der Waals surface area contributed by atoms with Gasteiger partial charge < -0.3 is 9.47 Å². The van der Waals surface area contributed by atoms with Gasteiger partial charge in [-0.1, -0.05) is 38.1 Å². The third-order valence-corrected chi connectivity index (χ3v) is 5.06. The Morgan fingerprint density at radius 1 is 1.19 bits per heavy atom. The minimum Gasteiger partial charge on any atom is -0.497 e. The molecule has 0 unspecified atom stereocenters. The van der Waals surface area contributed by atoms with Crippen molar-refractivity contribution in [2.75, 3.05) is 7.11 Å². The van der Waals surface area contributed by atoms with E-state index < -0.39 is 11.8 Å². The Kier molecular flexibility index (Phi) is 5.86. The number of nitrogens with zero attached hydrogens (tertiary/aromatic N) is 1. The average Bonchev–Trinajstić information content (AvgIpc) is 3.15. The van der Waals surface area contributed by atoms with Crippen LogP contribution in [-0.2, 0) is 11.3 Å². The molecule has 27 heavy (non-hydrogen) atoms. The summed E-state index contributed by atoms with van der Waals surface area (Å²) in [6.45, 7) is 4.29. The molecule has 0 saturated heterocycles. The van der Waals surface area contributed by atoms with Crippen LogP contribution in [0.1, 0.15) is 41.4 Å². The van der Waals surface area contributed by atoms with Crippen molar-refractivity contribution in [1.82, 2.24) is 4.98 Å². The van der Waals surface area contributed by atoms with E-state index in [0.717, 1.165) is 16.6 Å². The molecule has 2 aromatic carbocycles. The van der Waals surface area contributed by atoms with Crippen molar-refractivity contribution in [1.29, 1.82) is 0 Å². The smallest absolute Gasteiger partial charge is 0.341 e. The molecule has 3 aromatic rings. The van der Waals surface area contributed by atoms with Crippen LogP contribution in [0.4, 0.5) is 4.39 Å². The van der Waals surface area contributed by atoms with Gasteiger partial charge in [-0.15, -0.1) is 11.3 Å². The molecule has 0 radical (unpaired) electrons. The molecule has 0 amide bonds. The molecule has 0 aliphatic carbocycles. The number of esters is 1. The van der Waals surface area contributed by atoms with Gasteiger partial charge in [-0.2, -0.15) is 0 Å². The molecule has 0 N–H and O–H groups in total. The fourth-order valence-corrected chi connectivity index (χ4v) is 3.33. The zero-order valence-corrected chi connectivity index (χ0v) is 16.2. The second kappa shape index (κ2) is 8.31. The lowest BCUT2D eigenvalue weighted by Gasteiger charge is -2.06. The molecule has 3 rings (SSSR count). The minimum absolute atomic E-state index is 0.00905. The molecule has 0 atom stereocenters. The standard InChI is InChI=1S/C21H20FNO3S/c1-13(2)14-4-6-15(7-5-14)20-23-16(12-27-20)11-26-21(24)18-9-8-17(25-3)10-19(18)22/h4-10,12-13H,11H2,1-3H3. The summed E-state index contributed by atoms with van der Waals surface area (Å²) < 4.78 is 24.0. The van der Waals surface area contributed by atoms with Gasteiger partial charge in [-0.3, -0.25) is 0 Å². The number of thiazole rings is 1. The predicted molar refractivity (Wildman–Crippen MR) is 104 cm³/mol. The van der Waals surface area contributed by atoms with Gasteiger partial charge in [0.1, 0.15) is 23.2 Å². The summed E-state index contributed by atoms with van der Waals surface area (Å²) in [5.41, 5.74) is 2.79. The van der Waals surface area contributed by atoms with Gasteiger partial charge >= 0.3 is 5.97 Å². The van der Waals surface area contributed by atoms with Crippen molar-refractivity contribution in [3.8, 4) is 16.3 Å². The fraction of sp³-hybridized carbons (Fsp3) is 0.238. The molecular formula is C21H20FNO3S. The van der Waals surface area contributed by atoms with E-state index in [1.807, 2.05) is 17.5 Å². The van der Waals surface area contributed by atoms with E-state index in [1.165, 1.54) is 36.1 Å². The third-order valence-electron chi connectivity index (χ3n) is 4.12. The van der Waals surface area contributed by atoms with E-state index in [-0.39, 0.29) is 12.2 Å². The van der Waals surface area contributed by atoms with E-state index in [2.05, 4.69) is 31.0 Å². The quantitative estimate of drug-likeness (QED) is 0.530. The molecule has 0 fully saturated rings. The van der Waals surface area contributed by atoms with E-state index in [4.69, 9.17) is 9.47 Å². The molecule has 4 nitrogen and oxygen atoms in total. The summed E-state index contributed by atoms with van der Waals surface area (Å²) in [5, 5.41) is 2.69. The normalized spacial score (nSPS) is 10.9. The number of hydrogen-bond acceptors (Lipinski definition) is 5. The second-order valence-electron chi connectivity index (χ2n) is 6.34. The van der Waals surface area contributed by atoms with Crippen LogP contribution in [0.3, 0.4) is 0 Å². The summed E-state index contributed by atoms with van der Waals surface area (Å²) >= 11 is 1.48. The zero-order chi connectivity index (χ0) is 19.4. The third kappa shape index (κ3) is 4.52. The van der Waals surface area contributed by atoms with E-state index >= 15 is 0 Å². The van der Waals surface area contributed by atoms with Crippen LogP contribution < -0.4 is 4.74 Å². The monoisotopic (exact) mass is 385 g/mol. The van der Waals surface area contributed by atoms with Gasteiger partial charge in [0.2, 0.25) is 0 Å². The number of carbonyl (C=O) groups is 1. The summed E-state index contributed by atoms with van der Waals surface area (Å²) in [4.78, 5) is 16.6. The number of carbonyl (C=O) groups excluding carboxylic acids is 1. The minimum atomic E-state index is -0.731. The number of hydrogen-bond donors (Lipinski definition) is 0. The Bertz CT molecular complexity index is 935. The van der Waals surface area contributed by atoms with Gasteiger partial charge in [-0.25, -0.2) is 14.2 Å². The Morgan fingerprint density at radius 2 is 1.93 bits per heavy atom. The molecule has 6 heteroatoms. The topological polar surface area (TPSA) is 48.4 Å². The van der Waals surface area contributed by atoms with Crippen molar-refractivity contribution in [3.05, 3.63) is 70.5 Å². The number of rotatable bonds is 6. The van der Waals surface area contributed by atoms with Crippen LogP contribution in [0, 0.1) is 5.82 Å². The van der Waals surface area contributed by atoms with Crippen molar-refractivity contribution >= 4 is 17.3 Å². The lowest BCUT2D eigenvalue weighted by molar-refractivity contribution is 0.0463. The van der Waals surface area contributed by atoms with Crippen molar-refractivity contribution in [2.24, 2.45) is 0 Å². The molecule has 0 saturated carbocycles. The van der Waals surface area contributed by atoms with E-state index in [1.54, 1.807) is 0 Å². The number of aromatic nitrogens is 1. The Hall–Kier alpha value is -2.73. The molecule has 0 bridgehead atoms. The molecule has 140 valence electrons. The predicted octanol–water partition coefficient (Wildman–Crippen LogP) is 5.44. The van der Waals surface area contributed by atoms with Crippen LogP contribution in [0.2, 0.25) is 0 Å². The first kappa shape index (κ1) is 19.0. The molecule has 0 spiro atoms. The number of benzene rings is 2. The Morgan fingerprint density at radius 3 is 2.56 bits per heavy atom. The Labute approximate surface area is 161 Å². The fourth-order valence-electron chi connectivity index (χ4n) is 2.52. The highest BCUT2D eigenvalue weighted by atomic mass is 32.1. The maximum Gasteiger partial charge on any atom is 0.341 e. The largest absolute Gasteiger partial charge is 0.497 e. The zero-order valence-electron chi connectivity index (χ0n) is 15.4. The average molecular weight is 385 g/mol. The highest BCUT2D eigenvalue weighted by Crippen LogP contribution is 2.26. The summed E-state index contributed by atoms with van der Waals surface area (Å²) in [6, 6.07) is 12.3. The van der Waals surface area contributed by atoms with Crippen molar-refractivity contribution < 1.29 is 18.7 Å². The summed E-state index contributed by atoms with van der Waals surface area (Å²) in [7, 11) is 1.43. The number of ether oxygens (including phenoxy) is 2. The SMILES string of the molecule is COc1ccc(C(=O)OCc2csc(-c3ccc(C(C)C)cc3)n2)c(F)c1. The number of halogens is 1. The first-order valence-corrected chi connectivity index (χ1v) is 9.41. The van der Waals surface area contributed by atoms with Gasteiger partial charge in [-0.05, 0) is 23.6 Å². The van der Waals surface area contributed by atoms with Crippen LogP contribution in [0.15, 0.2) is 47.8 Å². The van der Waals surface area contributed by atoms with Crippen LogP contribution in [-0.4, -0.2) is 18.1 Å². The summed E-state index contributed by atoms with van der Waals surface area (Å²) in [5.74, 6) is -0.588. The highest BCUT2D eigenvalue weighted by molar-refractivity contribution is 7.13. The van der Waals surface area contributed by atoms with Crippen molar-refractivity contribution in [3.63, 3.8) is 0 Å². The molecule has 1 aromatic heterocycles. The first-order chi connectivity index (χ1) is 13.0. The van der Waals surface area contributed by atoms with Gasteiger partial charge in [0.05, 0.1) is 18.4 Å². The molecule has 1 heterocycles. The Balaban J connectivity index is 1.65. The lowest BCUT2D eigenvalue weighted by atomic mass is 10.0. The van der Waals surface area contributed by atoms with Crippen LogP contribution in [0.25, 0.3) is 10.6 Å². The number of methoxy groups -OCH3 is 1. The van der Waals surface area contributed by atoms with Gasteiger partial charge in [0.25, 0.3) is 0 Å². The van der Waals surface area contributed by atoms with Crippen LogP contribution in [0.5, 0.6) is 5.75 Å². The maximum atomic E-state index is 13.9. The van der Waals surface area contributed by atoms with Gasteiger partial charge in [0, 0.05) is 17.0 Å². The second-order valence-corrected chi connectivity index (χ2v) is 7.20. The molecular weight excluding hydrogens is 365 g/mol. The first-order valence-electron chi connectivity index (χ1n) is 8.53. The van der Waals surface area contributed by atoms with E-state index in [9.17, 15) is 9.18 Å². The van der Waals surface area contributed by atoms with Crippen molar-refractivity contribution in [2.45, 2.75) is 26.4 Å². The molecule has 0 aliphatic heterocycles. The maximum absolute atomic E-state index is 13.9. The lowest BCUT2D eigenvalue weighted by Crippen LogP contribution is -2.08. The van der Waals surface area contributed by atoms with Gasteiger partial charge in [0.15, 0.2) is 0 Å². The van der Waals surface area contributed by atoms with E-state index in [0.29, 0.717) is 17.4 Å².